The molecule has 1 aromatic rings. The van der Waals surface area contributed by atoms with E-state index in [2.05, 4.69) is 0 Å². The molecule has 1 aromatic carbocycles. The Morgan fingerprint density at radius 1 is 1.23 bits per heavy atom. The van der Waals surface area contributed by atoms with Gasteiger partial charge in [-0.1, -0.05) is 30.3 Å². The normalized spacial score (nSPS) is 18.0. The predicted octanol–water partition coefficient (Wildman–Crippen LogP) is 1.85. The summed E-state index contributed by atoms with van der Waals surface area (Å²) in [6, 6.07) is 9.83. The summed E-state index contributed by atoms with van der Waals surface area (Å²) >= 11 is 0. The first-order chi connectivity index (χ1) is 10.5. The maximum atomic E-state index is 12.3. The molecule has 0 unspecified atom stereocenters. The topological polar surface area (TPSA) is 57.7 Å². The molecule has 0 N–H and O–H groups in total. The summed E-state index contributed by atoms with van der Waals surface area (Å²) in [6.45, 7) is 3.98. The number of hydrogen-bond acceptors (Lipinski definition) is 3. The molecule has 1 heterocycles. The van der Waals surface area contributed by atoms with Crippen molar-refractivity contribution in [1.29, 1.82) is 0 Å². The van der Waals surface area contributed by atoms with Crippen LogP contribution in [0.5, 0.6) is 0 Å². The van der Waals surface area contributed by atoms with Gasteiger partial charge in [0.25, 0.3) is 0 Å². The van der Waals surface area contributed by atoms with Gasteiger partial charge in [0.1, 0.15) is 0 Å². The lowest BCUT2D eigenvalue weighted by atomic mass is 10.2. The maximum absolute atomic E-state index is 12.3. The minimum absolute atomic E-state index is 0.00660. The number of rotatable bonds is 6. The van der Waals surface area contributed by atoms with Crippen molar-refractivity contribution in [2.45, 2.75) is 32.7 Å². The Kier molecular flexibility index (Phi) is 5.97. The van der Waals surface area contributed by atoms with Gasteiger partial charge in [0.15, 0.2) is 0 Å². The van der Waals surface area contributed by atoms with Crippen LogP contribution in [-0.2, 0) is 21.4 Å². The second-order valence-electron chi connectivity index (χ2n) is 5.57. The van der Waals surface area contributed by atoms with Crippen molar-refractivity contribution in [3.63, 3.8) is 0 Å². The molecular formula is C16H24N2O3S. The van der Waals surface area contributed by atoms with Gasteiger partial charge in [-0.05, 0) is 25.3 Å². The Labute approximate surface area is 133 Å². The molecule has 6 heteroatoms. The Bertz CT molecular complexity index is 587. The molecule has 0 atom stereocenters. The van der Waals surface area contributed by atoms with Crippen molar-refractivity contribution < 1.29 is 13.2 Å². The smallest absolute Gasteiger partial charge is 0.224 e. The van der Waals surface area contributed by atoms with E-state index in [1.54, 1.807) is 4.90 Å². The predicted molar refractivity (Wildman–Crippen MR) is 86.7 cm³/mol. The van der Waals surface area contributed by atoms with Gasteiger partial charge < -0.3 is 4.90 Å². The fraction of sp³-hybridized carbons (Fsp3) is 0.562. The second-order valence-corrected chi connectivity index (χ2v) is 7.65. The monoisotopic (exact) mass is 324 g/mol. The molecular weight excluding hydrogens is 300 g/mol. The molecule has 22 heavy (non-hydrogen) atoms. The third kappa shape index (κ3) is 4.55. The summed E-state index contributed by atoms with van der Waals surface area (Å²) in [7, 11) is -3.15. The minimum atomic E-state index is -3.15. The summed E-state index contributed by atoms with van der Waals surface area (Å²) in [4.78, 5) is 14.1. The molecule has 0 aromatic heterocycles. The van der Waals surface area contributed by atoms with Crippen molar-refractivity contribution in [2.24, 2.45) is 0 Å². The lowest BCUT2D eigenvalue weighted by Crippen LogP contribution is -2.40. The SMILES string of the molecule is CCN(Cc1ccccc1)C(=O)CCN1CCCCS1(=O)=O. The van der Waals surface area contributed by atoms with Gasteiger partial charge in [-0.2, -0.15) is 0 Å². The number of amides is 1. The van der Waals surface area contributed by atoms with Gasteiger partial charge in [0.2, 0.25) is 15.9 Å². The van der Waals surface area contributed by atoms with E-state index in [4.69, 9.17) is 0 Å². The van der Waals surface area contributed by atoms with Crippen LogP contribution in [0, 0.1) is 0 Å². The summed E-state index contributed by atoms with van der Waals surface area (Å²) in [6.07, 6.45) is 1.86. The standard InChI is InChI=1S/C16H24N2O3S/c1-2-17(14-15-8-4-3-5-9-15)16(19)10-12-18-11-6-7-13-22(18,20)21/h3-5,8-9H,2,6-7,10-14H2,1H3. The zero-order valence-electron chi connectivity index (χ0n) is 13.1. The quantitative estimate of drug-likeness (QED) is 0.802. The van der Waals surface area contributed by atoms with Gasteiger partial charge >= 0.3 is 0 Å². The van der Waals surface area contributed by atoms with Crippen LogP contribution < -0.4 is 0 Å². The largest absolute Gasteiger partial charge is 0.339 e. The first kappa shape index (κ1) is 17.0. The molecule has 1 aliphatic heterocycles. The first-order valence-corrected chi connectivity index (χ1v) is 9.43. The van der Waals surface area contributed by atoms with E-state index < -0.39 is 10.0 Å². The van der Waals surface area contributed by atoms with Gasteiger partial charge in [-0.25, -0.2) is 12.7 Å². The van der Waals surface area contributed by atoms with E-state index in [-0.39, 0.29) is 18.1 Å². The van der Waals surface area contributed by atoms with Gasteiger partial charge in [-0.15, -0.1) is 0 Å². The van der Waals surface area contributed by atoms with Gasteiger partial charge in [0, 0.05) is 32.6 Å². The van der Waals surface area contributed by atoms with E-state index in [0.29, 0.717) is 26.2 Å². The van der Waals surface area contributed by atoms with Gasteiger partial charge in [-0.3, -0.25) is 4.79 Å². The molecule has 2 rings (SSSR count). The lowest BCUT2D eigenvalue weighted by molar-refractivity contribution is -0.131. The molecule has 1 aliphatic rings. The Hall–Kier alpha value is -1.40. The summed E-state index contributed by atoms with van der Waals surface area (Å²) < 4.78 is 25.3. The third-order valence-electron chi connectivity index (χ3n) is 3.98. The maximum Gasteiger partial charge on any atom is 0.224 e. The number of hydrogen-bond donors (Lipinski definition) is 0. The number of carbonyl (C=O) groups excluding carboxylic acids is 1. The lowest BCUT2D eigenvalue weighted by Gasteiger charge is -2.27. The number of carbonyl (C=O) groups is 1. The Morgan fingerprint density at radius 3 is 2.59 bits per heavy atom. The van der Waals surface area contributed by atoms with Crippen LogP contribution in [0.15, 0.2) is 30.3 Å². The van der Waals surface area contributed by atoms with Crippen molar-refractivity contribution in [3.8, 4) is 0 Å². The van der Waals surface area contributed by atoms with Crippen LogP contribution >= 0.6 is 0 Å². The van der Waals surface area contributed by atoms with E-state index in [1.165, 1.54) is 4.31 Å². The number of benzene rings is 1. The second kappa shape index (κ2) is 7.74. The van der Waals surface area contributed by atoms with Crippen molar-refractivity contribution >= 4 is 15.9 Å². The summed E-state index contributed by atoms with van der Waals surface area (Å²) in [5, 5.41) is 0. The average molecular weight is 324 g/mol. The highest BCUT2D eigenvalue weighted by molar-refractivity contribution is 7.89. The van der Waals surface area contributed by atoms with E-state index in [9.17, 15) is 13.2 Å². The van der Waals surface area contributed by atoms with Crippen molar-refractivity contribution in [3.05, 3.63) is 35.9 Å². The molecule has 0 saturated carbocycles. The fourth-order valence-electron chi connectivity index (χ4n) is 2.65. The van der Waals surface area contributed by atoms with Crippen LogP contribution in [-0.4, -0.2) is 48.9 Å². The fourth-order valence-corrected chi connectivity index (χ4v) is 4.25. The molecule has 1 amide bonds. The first-order valence-electron chi connectivity index (χ1n) is 7.82. The highest BCUT2D eigenvalue weighted by Crippen LogP contribution is 2.14. The Balaban J connectivity index is 1.89. The van der Waals surface area contributed by atoms with Crippen molar-refractivity contribution in [2.75, 3.05) is 25.4 Å². The van der Waals surface area contributed by atoms with Crippen LogP contribution in [0.3, 0.4) is 0 Å². The summed E-state index contributed by atoms with van der Waals surface area (Å²) in [5.74, 6) is 0.218. The molecule has 0 radical (unpaired) electrons. The van der Waals surface area contributed by atoms with Crippen LogP contribution in [0.1, 0.15) is 31.7 Å². The molecule has 0 bridgehead atoms. The molecule has 122 valence electrons. The molecule has 1 saturated heterocycles. The third-order valence-corrected chi connectivity index (χ3v) is 5.94. The number of sulfonamides is 1. The Morgan fingerprint density at radius 2 is 1.95 bits per heavy atom. The highest BCUT2D eigenvalue weighted by atomic mass is 32.2. The summed E-state index contributed by atoms with van der Waals surface area (Å²) in [5.41, 5.74) is 1.09. The van der Waals surface area contributed by atoms with Gasteiger partial charge in [0.05, 0.1) is 5.75 Å². The van der Waals surface area contributed by atoms with E-state index in [0.717, 1.165) is 18.4 Å². The van der Waals surface area contributed by atoms with Crippen LogP contribution in [0.2, 0.25) is 0 Å². The minimum Gasteiger partial charge on any atom is -0.339 e. The van der Waals surface area contributed by atoms with Crippen LogP contribution in [0.4, 0.5) is 0 Å². The van der Waals surface area contributed by atoms with E-state index in [1.807, 2.05) is 37.3 Å². The number of nitrogens with zero attached hydrogens (tertiary/aromatic N) is 2. The molecule has 1 fully saturated rings. The average Bonchev–Trinajstić information content (AvgIpc) is 2.52. The van der Waals surface area contributed by atoms with Crippen molar-refractivity contribution in [1.82, 2.24) is 9.21 Å². The zero-order chi connectivity index (χ0) is 16.0. The zero-order valence-corrected chi connectivity index (χ0v) is 13.9. The van der Waals surface area contributed by atoms with Crippen LogP contribution in [0.25, 0.3) is 0 Å². The molecule has 5 nitrogen and oxygen atoms in total. The highest BCUT2D eigenvalue weighted by Gasteiger charge is 2.26. The molecule has 0 aliphatic carbocycles. The van der Waals surface area contributed by atoms with E-state index >= 15 is 0 Å². The molecule has 0 spiro atoms.